The zero-order valence-corrected chi connectivity index (χ0v) is 10.2. The summed E-state index contributed by atoms with van der Waals surface area (Å²) in [4.78, 5) is 8.23. The highest BCUT2D eigenvalue weighted by atomic mass is 35.5. The Balaban J connectivity index is 2.18. The smallest absolute Gasteiger partial charge is 0.0947 e. The van der Waals surface area contributed by atoms with Crippen molar-refractivity contribution in [2.45, 2.75) is 12.5 Å². The average Bonchev–Trinajstić information content (AvgIpc) is 2.75. The average molecular weight is 252 g/mol. The summed E-state index contributed by atoms with van der Waals surface area (Å²) in [6.07, 6.45) is 7.69. The first-order valence-corrected chi connectivity index (χ1v) is 5.61. The number of pyridine rings is 1. The van der Waals surface area contributed by atoms with E-state index in [2.05, 4.69) is 15.4 Å². The van der Waals surface area contributed by atoms with Gasteiger partial charge in [0.15, 0.2) is 0 Å². The second kappa shape index (κ2) is 5.27. The van der Waals surface area contributed by atoms with Gasteiger partial charge >= 0.3 is 0 Å². The van der Waals surface area contributed by atoms with Crippen LogP contribution in [0.15, 0.2) is 31.0 Å². The van der Waals surface area contributed by atoms with Crippen LogP contribution < -0.4 is 11.3 Å². The predicted octanol–water partition coefficient (Wildman–Crippen LogP) is 1.22. The number of imidazole rings is 1. The van der Waals surface area contributed by atoms with Gasteiger partial charge in [0.1, 0.15) is 0 Å². The van der Waals surface area contributed by atoms with E-state index in [1.807, 2.05) is 23.9 Å². The van der Waals surface area contributed by atoms with Crippen molar-refractivity contribution in [1.29, 1.82) is 0 Å². The number of hydrazine groups is 1. The summed E-state index contributed by atoms with van der Waals surface area (Å²) < 4.78 is 1.88. The summed E-state index contributed by atoms with van der Waals surface area (Å²) in [5, 5.41) is 0.642. The summed E-state index contributed by atoms with van der Waals surface area (Å²) >= 11 is 6.06. The van der Waals surface area contributed by atoms with Crippen LogP contribution in [0, 0.1) is 0 Å². The molecule has 2 aromatic rings. The van der Waals surface area contributed by atoms with Crippen LogP contribution in [0.4, 0.5) is 0 Å². The summed E-state index contributed by atoms with van der Waals surface area (Å²) in [5.41, 5.74) is 4.64. The van der Waals surface area contributed by atoms with Gasteiger partial charge in [0.05, 0.1) is 23.1 Å². The number of nitrogens with zero attached hydrogens (tertiary/aromatic N) is 3. The zero-order chi connectivity index (χ0) is 12.3. The third kappa shape index (κ3) is 2.82. The van der Waals surface area contributed by atoms with Gasteiger partial charge in [-0.2, -0.15) is 0 Å². The normalized spacial score (nSPS) is 12.6. The second-order valence-electron chi connectivity index (χ2n) is 3.85. The highest BCUT2D eigenvalue weighted by molar-refractivity contribution is 6.31. The van der Waals surface area contributed by atoms with Gasteiger partial charge in [0.2, 0.25) is 0 Å². The predicted molar refractivity (Wildman–Crippen MR) is 66.2 cm³/mol. The van der Waals surface area contributed by atoms with Gasteiger partial charge in [-0.15, -0.1) is 0 Å². The van der Waals surface area contributed by atoms with Crippen LogP contribution in [0.2, 0.25) is 5.02 Å². The van der Waals surface area contributed by atoms with E-state index >= 15 is 0 Å². The first kappa shape index (κ1) is 12.0. The van der Waals surface area contributed by atoms with Gasteiger partial charge in [-0.05, 0) is 18.1 Å². The van der Waals surface area contributed by atoms with Gasteiger partial charge in [0.25, 0.3) is 0 Å². The maximum Gasteiger partial charge on any atom is 0.0947 e. The molecule has 6 heteroatoms. The molecule has 0 spiro atoms. The number of halogens is 1. The summed E-state index contributed by atoms with van der Waals surface area (Å²) in [6, 6.07) is 1.83. The largest absolute Gasteiger partial charge is 0.340 e. The van der Waals surface area contributed by atoms with E-state index in [4.69, 9.17) is 17.4 Å². The Morgan fingerprint density at radius 3 is 3.00 bits per heavy atom. The number of hydrogen-bond acceptors (Lipinski definition) is 4. The Bertz CT molecular complexity index is 496. The number of nitrogens with one attached hydrogen (secondary N) is 1. The number of aromatic nitrogens is 3. The number of hydrogen-bond donors (Lipinski definition) is 2. The molecule has 2 rings (SSSR count). The number of rotatable bonds is 4. The molecule has 90 valence electrons. The lowest BCUT2D eigenvalue weighted by Gasteiger charge is -2.14. The molecule has 0 saturated heterocycles. The highest BCUT2D eigenvalue weighted by Gasteiger charge is 2.14. The van der Waals surface area contributed by atoms with Crippen LogP contribution >= 0.6 is 11.6 Å². The first-order valence-electron chi connectivity index (χ1n) is 5.23. The molecule has 0 saturated carbocycles. The fourth-order valence-electron chi connectivity index (χ4n) is 1.65. The molecule has 5 nitrogen and oxygen atoms in total. The second-order valence-corrected chi connectivity index (χ2v) is 4.26. The third-order valence-corrected chi connectivity index (χ3v) is 2.90. The summed E-state index contributed by atoms with van der Waals surface area (Å²) in [6.45, 7) is 0. The van der Waals surface area contributed by atoms with E-state index in [9.17, 15) is 0 Å². The Morgan fingerprint density at radius 2 is 2.41 bits per heavy atom. The highest BCUT2D eigenvalue weighted by Crippen LogP contribution is 2.21. The molecular weight excluding hydrogens is 238 g/mol. The summed E-state index contributed by atoms with van der Waals surface area (Å²) in [5.74, 6) is 5.55. The third-order valence-electron chi connectivity index (χ3n) is 2.56. The minimum Gasteiger partial charge on any atom is -0.340 e. The van der Waals surface area contributed by atoms with Gasteiger partial charge in [-0.3, -0.25) is 16.3 Å². The molecule has 1 unspecified atom stereocenters. The molecule has 0 aliphatic rings. The molecule has 17 heavy (non-hydrogen) atoms. The van der Waals surface area contributed by atoms with Crippen molar-refractivity contribution < 1.29 is 0 Å². The van der Waals surface area contributed by atoms with Crippen LogP contribution in [0.3, 0.4) is 0 Å². The molecule has 0 aliphatic carbocycles. The van der Waals surface area contributed by atoms with Gasteiger partial charge < -0.3 is 4.57 Å². The van der Waals surface area contributed by atoms with Crippen molar-refractivity contribution in [3.05, 3.63) is 47.3 Å². The molecule has 1 atom stereocenters. The molecule has 3 N–H and O–H groups in total. The van der Waals surface area contributed by atoms with Crippen molar-refractivity contribution in [1.82, 2.24) is 20.0 Å². The molecule has 2 aromatic heterocycles. The number of aryl methyl sites for hydroxylation is 1. The standard InChI is InChI=1S/C11H14ClN5/c1-17-6-11(15-7-17)10(16-13)4-8-2-3-14-5-9(8)12/h2-3,5-7,10,16H,4,13H2,1H3. The lowest BCUT2D eigenvalue weighted by molar-refractivity contribution is 0.540. The van der Waals surface area contributed by atoms with Crippen molar-refractivity contribution in [3.63, 3.8) is 0 Å². The lowest BCUT2D eigenvalue weighted by Crippen LogP contribution is -2.30. The van der Waals surface area contributed by atoms with Crippen molar-refractivity contribution in [2.24, 2.45) is 12.9 Å². The van der Waals surface area contributed by atoms with E-state index < -0.39 is 0 Å². The lowest BCUT2D eigenvalue weighted by atomic mass is 10.1. The Morgan fingerprint density at radius 1 is 1.59 bits per heavy atom. The van der Waals surface area contributed by atoms with E-state index in [0.29, 0.717) is 11.4 Å². The van der Waals surface area contributed by atoms with Crippen LogP contribution in [0.5, 0.6) is 0 Å². The fourth-order valence-corrected chi connectivity index (χ4v) is 1.85. The van der Waals surface area contributed by atoms with Gasteiger partial charge in [0, 0.05) is 25.6 Å². The topological polar surface area (TPSA) is 68.8 Å². The molecular formula is C11H14ClN5. The zero-order valence-electron chi connectivity index (χ0n) is 9.47. The van der Waals surface area contributed by atoms with Crippen LogP contribution in [-0.4, -0.2) is 14.5 Å². The van der Waals surface area contributed by atoms with Crippen molar-refractivity contribution >= 4 is 11.6 Å². The Hall–Kier alpha value is -1.43. The Labute approximate surface area is 105 Å². The SMILES string of the molecule is Cn1cnc(C(Cc2ccncc2Cl)NN)c1. The molecule has 0 bridgehead atoms. The van der Waals surface area contributed by atoms with Crippen LogP contribution in [-0.2, 0) is 13.5 Å². The van der Waals surface area contributed by atoms with Gasteiger partial charge in [-0.1, -0.05) is 11.6 Å². The molecule has 0 amide bonds. The van der Waals surface area contributed by atoms with Crippen molar-refractivity contribution in [3.8, 4) is 0 Å². The van der Waals surface area contributed by atoms with Gasteiger partial charge in [-0.25, -0.2) is 4.98 Å². The quantitative estimate of drug-likeness (QED) is 0.633. The Kier molecular flexibility index (Phi) is 3.73. The number of nitrogens with two attached hydrogens (primary N) is 1. The fraction of sp³-hybridized carbons (Fsp3) is 0.273. The van der Waals surface area contributed by atoms with Crippen LogP contribution in [0.25, 0.3) is 0 Å². The molecule has 2 heterocycles. The minimum atomic E-state index is -0.0592. The summed E-state index contributed by atoms with van der Waals surface area (Å²) in [7, 11) is 1.92. The van der Waals surface area contributed by atoms with Crippen molar-refractivity contribution in [2.75, 3.05) is 0 Å². The van der Waals surface area contributed by atoms with Crippen LogP contribution in [0.1, 0.15) is 17.3 Å². The maximum atomic E-state index is 6.06. The minimum absolute atomic E-state index is 0.0592. The maximum absolute atomic E-state index is 6.06. The van der Waals surface area contributed by atoms with E-state index in [-0.39, 0.29) is 6.04 Å². The van der Waals surface area contributed by atoms with E-state index in [1.165, 1.54) is 0 Å². The first-order chi connectivity index (χ1) is 8.20. The molecule has 0 radical (unpaired) electrons. The molecule has 0 aromatic carbocycles. The molecule has 0 fully saturated rings. The van der Waals surface area contributed by atoms with E-state index in [1.54, 1.807) is 18.7 Å². The van der Waals surface area contributed by atoms with E-state index in [0.717, 1.165) is 11.3 Å². The monoisotopic (exact) mass is 251 g/mol. The molecule has 0 aliphatic heterocycles.